The third kappa shape index (κ3) is 4.95. The van der Waals surface area contributed by atoms with E-state index in [1.54, 1.807) is 19.9 Å². The molecule has 0 amide bonds. The number of hydrogen-bond donors (Lipinski definition) is 0. The van der Waals surface area contributed by atoms with Gasteiger partial charge in [0.25, 0.3) is 10.0 Å². The summed E-state index contributed by atoms with van der Waals surface area (Å²) in [6.45, 7) is 5.24. The van der Waals surface area contributed by atoms with Crippen molar-refractivity contribution in [2.24, 2.45) is 0 Å². The molecular formula is C23H23F3N2O4S2. The van der Waals surface area contributed by atoms with Gasteiger partial charge >= 0.3 is 12.1 Å². The lowest BCUT2D eigenvalue weighted by molar-refractivity contribution is -0.137. The fraction of sp³-hybridized carbons (Fsp3) is 0.304. The number of methoxy groups -OCH3 is 1. The van der Waals surface area contributed by atoms with E-state index >= 15 is 0 Å². The van der Waals surface area contributed by atoms with Gasteiger partial charge in [0.05, 0.1) is 23.1 Å². The van der Waals surface area contributed by atoms with Gasteiger partial charge in [-0.2, -0.15) is 13.2 Å². The highest BCUT2D eigenvalue weighted by molar-refractivity contribution is 7.92. The molecule has 0 saturated heterocycles. The number of rotatable bonds is 7. The van der Waals surface area contributed by atoms with E-state index in [-0.39, 0.29) is 22.8 Å². The molecular weight excluding hydrogens is 489 g/mol. The van der Waals surface area contributed by atoms with E-state index in [0.29, 0.717) is 27.4 Å². The molecule has 0 unspecified atom stereocenters. The summed E-state index contributed by atoms with van der Waals surface area (Å²) in [5.74, 6) is -0.451. The van der Waals surface area contributed by atoms with Gasteiger partial charge in [0.1, 0.15) is 5.01 Å². The number of sulfonamides is 1. The number of nitrogens with zero attached hydrogens (tertiary/aromatic N) is 2. The van der Waals surface area contributed by atoms with Gasteiger partial charge < -0.3 is 4.74 Å². The van der Waals surface area contributed by atoms with Crippen LogP contribution in [-0.4, -0.2) is 33.0 Å². The molecule has 0 radical (unpaired) electrons. The van der Waals surface area contributed by atoms with E-state index in [1.807, 2.05) is 6.92 Å². The number of benzene rings is 2. The van der Waals surface area contributed by atoms with E-state index in [9.17, 15) is 26.4 Å². The van der Waals surface area contributed by atoms with Crippen molar-refractivity contribution < 1.29 is 31.1 Å². The summed E-state index contributed by atoms with van der Waals surface area (Å²) >= 11 is 1.18. The van der Waals surface area contributed by atoms with Crippen molar-refractivity contribution in [2.45, 2.75) is 38.3 Å². The molecule has 3 rings (SSSR count). The molecule has 0 aliphatic carbocycles. The van der Waals surface area contributed by atoms with Gasteiger partial charge in [-0.3, -0.25) is 0 Å². The van der Waals surface area contributed by atoms with Gasteiger partial charge in [0, 0.05) is 17.0 Å². The van der Waals surface area contributed by atoms with Crippen molar-refractivity contribution in [3.8, 4) is 10.6 Å². The zero-order valence-electron chi connectivity index (χ0n) is 18.9. The summed E-state index contributed by atoms with van der Waals surface area (Å²) in [6.07, 6.45) is -3.93. The van der Waals surface area contributed by atoms with Crippen LogP contribution in [0.25, 0.3) is 10.6 Å². The third-order valence-electron chi connectivity index (χ3n) is 5.21. The van der Waals surface area contributed by atoms with Gasteiger partial charge in [0.2, 0.25) is 0 Å². The van der Waals surface area contributed by atoms with Gasteiger partial charge in [0.15, 0.2) is 5.82 Å². The highest BCUT2D eigenvalue weighted by Crippen LogP contribution is 2.36. The molecule has 182 valence electrons. The number of aromatic nitrogens is 1. The Morgan fingerprint density at radius 3 is 2.29 bits per heavy atom. The summed E-state index contributed by atoms with van der Waals surface area (Å²) in [4.78, 5) is 17.1. The van der Waals surface area contributed by atoms with Gasteiger partial charge in [-0.1, -0.05) is 25.1 Å². The third-order valence-corrected chi connectivity index (χ3v) is 8.08. The quantitative estimate of drug-likeness (QED) is 0.380. The van der Waals surface area contributed by atoms with Crippen molar-refractivity contribution in [1.29, 1.82) is 0 Å². The largest absolute Gasteiger partial charge is 0.465 e. The molecule has 34 heavy (non-hydrogen) atoms. The van der Waals surface area contributed by atoms with Crippen molar-refractivity contribution in [2.75, 3.05) is 18.0 Å². The first-order valence-electron chi connectivity index (χ1n) is 10.3. The minimum Gasteiger partial charge on any atom is -0.465 e. The molecule has 11 heteroatoms. The standard InChI is InChI=1S/C23H23F3N2O4S2/c1-5-15-9-12-18(13-19(15)22(29)32-4)34(30,31)28(6-2)20-14(3)33-21(27-20)16-7-10-17(11-8-16)23(24,25)26/h7-13H,5-6H2,1-4H3. The number of carbonyl (C=O) groups excluding carboxylic acids is 1. The summed E-state index contributed by atoms with van der Waals surface area (Å²) in [6, 6.07) is 8.84. The molecule has 3 aromatic rings. The zero-order valence-corrected chi connectivity index (χ0v) is 20.6. The lowest BCUT2D eigenvalue weighted by Crippen LogP contribution is -2.31. The fourth-order valence-electron chi connectivity index (χ4n) is 3.43. The Morgan fingerprint density at radius 2 is 1.76 bits per heavy atom. The number of esters is 1. The first kappa shape index (κ1) is 25.7. The van der Waals surface area contributed by atoms with Crippen LogP contribution in [-0.2, 0) is 27.4 Å². The molecule has 0 saturated carbocycles. The van der Waals surface area contributed by atoms with Gasteiger partial charge in [-0.15, -0.1) is 11.3 Å². The predicted molar refractivity (Wildman–Crippen MR) is 125 cm³/mol. The first-order chi connectivity index (χ1) is 15.9. The molecule has 6 nitrogen and oxygen atoms in total. The number of ether oxygens (including phenoxy) is 1. The second-order valence-corrected chi connectivity index (χ2v) is 10.4. The summed E-state index contributed by atoms with van der Waals surface area (Å²) < 4.78 is 71.5. The Hall–Kier alpha value is -2.92. The van der Waals surface area contributed by atoms with Crippen LogP contribution in [0.5, 0.6) is 0 Å². The average molecular weight is 513 g/mol. The van der Waals surface area contributed by atoms with Gasteiger partial charge in [-0.25, -0.2) is 22.5 Å². The maximum Gasteiger partial charge on any atom is 0.416 e. The number of carbonyl (C=O) groups is 1. The SMILES string of the molecule is CCc1ccc(S(=O)(=O)N(CC)c2nc(-c3ccc(C(F)(F)F)cc3)sc2C)cc1C(=O)OC. The molecule has 0 aliphatic heterocycles. The molecule has 2 aromatic carbocycles. The topological polar surface area (TPSA) is 76.6 Å². The predicted octanol–water partition coefficient (Wildman–Crippen LogP) is 5.70. The van der Waals surface area contributed by atoms with E-state index < -0.39 is 27.7 Å². The lowest BCUT2D eigenvalue weighted by Gasteiger charge is -2.22. The molecule has 1 heterocycles. The minimum atomic E-state index is -4.45. The number of aryl methyl sites for hydroxylation is 2. The van der Waals surface area contributed by atoms with E-state index in [0.717, 1.165) is 16.4 Å². The Balaban J connectivity index is 2.03. The molecule has 0 fully saturated rings. The van der Waals surface area contributed by atoms with Crippen LogP contribution >= 0.6 is 11.3 Å². The highest BCUT2D eigenvalue weighted by atomic mass is 32.2. The van der Waals surface area contributed by atoms with Crippen molar-refractivity contribution in [3.05, 3.63) is 64.0 Å². The van der Waals surface area contributed by atoms with Crippen LogP contribution in [0.15, 0.2) is 47.4 Å². The van der Waals surface area contributed by atoms with Gasteiger partial charge in [-0.05, 0) is 50.1 Å². The monoisotopic (exact) mass is 512 g/mol. The summed E-state index contributed by atoms with van der Waals surface area (Å²) in [5.41, 5.74) is 0.492. The van der Waals surface area contributed by atoms with Crippen molar-refractivity contribution in [3.63, 3.8) is 0 Å². The van der Waals surface area contributed by atoms with Crippen LogP contribution in [0.3, 0.4) is 0 Å². The van der Waals surface area contributed by atoms with Crippen LogP contribution in [0, 0.1) is 6.92 Å². The minimum absolute atomic E-state index is 0.0580. The maximum atomic E-state index is 13.5. The molecule has 0 N–H and O–H groups in total. The number of hydrogen-bond acceptors (Lipinski definition) is 6. The second-order valence-electron chi connectivity index (χ2n) is 7.31. The van der Waals surface area contributed by atoms with E-state index in [1.165, 1.54) is 42.7 Å². The van der Waals surface area contributed by atoms with Crippen LogP contribution in [0.4, 0.5) is 19.0 Å². The normalized spacial score (nSPS) is 12.0. The van der Waals surface area contributed by atoms with Crippen molar-refractivity contribution >= 4 is 33.1 Å². The van der Waals surface area contributed by atoms with E-state index in [2.05, 4.69) is 4.98 Å². The molecule has 0 atom stereocenters. The maximum absolute atomic E-state index is 13.5. The first-order valence-corrected chi connectivity index (χ1v) is 12.6. The van der Waals surface area contributed by atoms with Crippen LogP contribution in [0.2, 0.25) is 0 Å². The smallest absolute Gasteiger partial charge is 0.416 e. The Morgan fingerprint density at radius 1 is 1.12 bits per heavy atom. The fourth-order valence-corrected chi connectivity index (χ4v) is 5.92. The Bertz CT molecular complexity index is 1300. The average Bonchev–Trinajstić information content (AvgIpc) is 3.19. The number of thiazole rings is 1. The zero-order chi connectivity index (χ0) is 25.3. The highest BCUT2D eigenvalue weighted by Gasteiger charge is 2.31. The Labute approximate surface area is 200 Å². The molecule has 0 aliphatic rings. The second kappa shape index (κ2) is 9.75. The molecule has 0 bridgehead atoms. The summed E-state index contributed by atoms with van der Waals surface area (Å²) in [5, 5.41) is 0.395. The lowest BCUT2D eigenvalue weighted by atomic mass is 10.1. The van der Waals surface area contributed by atoms with Crippen molar-refractivity contribution in [1.82, 2.24) is 4.98 Å². The molecule has 1 aromatic heterocycles. The number of alkyl halides is 3. The molecule has 0 spiro atoms. The number of halogens is 3. The Kier molecular flexibility index (Phi) is 7.37. The summed E-state index contributed by atoms with van der Waals surface area (Å²) in [7, 11) is -2.86. The van der Waals surface area contributed by atoms with Crippen LogP contribution < -0.4 is 4.31 Å². The van der Waals surface area contributed by atoms with E-state index in [4.69, 9.17) is 4.74 Å². The number of anilines is 1. The van der Waals surface area contributed by atoms with Crippen LogP contribution in [0.1, 0.15) is 40.2 Å².